The Balaban J connectivity index is 3.07. The minimum atomic E-state index is -1.20. The summed E-state index contributed by atoms with van der Waals surface area (Å²) < 4.78 is 9.88. The van der Waals surface area contributed by atoms with Crippen LogP contribution in [0.25, 0.3) is 0 Å². The van der Waals surface area contributed by atoms with E-state index in [-0.39, 0.29) is 17.9 Å². The van der Waals surface area contributed by atoms with E-state index in [1.165, 1.54) is 39.0 Å². The molecule has 1 atom stereocenters. The number of benzene rings is 1. The van der Waals surface area contributed by atoms with Gasteiger partial charge in [0.1, 0.15) is 6.04 Å². The Labute approximate surface area is 132 Å². The quantitative estimate of drug-likeness (QED) is 0.583. The molecule has 1 aromatic carbocycles. The fourth-order valence-electron chi connectivity index (χ4n) is 1.83. The molecular formula is C15H17NO7. The molecule has 0 heterocycles. The molecule has 1 aromatic rings. The first-order chi connectivity index (χ1) is 10.7. The molecule has 1 amide bonds. The number of rotatable bonds is 6. The molecule has 8 nitrogen and oxygen atoms in total. The Kier molecular flexibility index (Phi) is 6.25. The number of carboxylic acids is 1. The van der Waals surface area contributed by atoms with Gasteiger partial charge in [-0.2, -0.15) is 0 Å². The maximum absolute atomic E-state index is 11.1. The summed E-state index contributed by atoms with van der Waals surface area (Å²) in [4.78, 5) is 44.3. The van der Waals surface area contributed by atoms with Gasteiger partial charge in [-0.05, 0) is 17.7 Å². The second kappa shape index (κ2) is 7.92. The van der Waals surface area contributed by atoms with Crippen LogP contribution >= 0.6 is 0 Å². The zero-order valence-electron chi connectivity index (χ0n) is 12.9. The molecule has 1 rings (SSSR count). The van der Waals surface area contributed by atoms with Crippen molar-refractivity contribution in [1.29, 1.82) is 0 Å². The summed E-state index contributed by atoms with van der Waals surface area (Å²) in [6.45, 7) is 3.59. The van der Waals surface area contributed by atoms with Crippen molar-refractivity contribution in [2.75, 3.05) is 0 Å². The molecule has 8 heteroatoms. The summed E-state index contributed by atoms with van der Waals surface area (Å²) in [6, 6.07) is 3.17. The average Bonchev–Trinajstić information content (AvgIpc) is 2.39. The summed E-state index contributed by atoms with van der Waals surface area (Å²) in [5.74, 6) is -2.84. The molecule has 0 aromatic heterocycles. The molecule has 2 N–H and O–H groups in total. The van der Waals surface area contributed by atoms with Crippen molar-refractivity contribution in [3.8, 4) is 11.5 Å². The van der Waals surface area contributed by atoms with E-state index in [9.17, 15) is 19.2 Å². The van der Waals surface area contributed by atoms with Gasteiger partial charge in [-0.15, -0.1) is 0 Å². The molecule has 0 spiro atoms. The summed E-state index contributed by atoms with van der Waals surface area (Å²) >= 11 is 0. The van der Waals surface area contributed by atoms with Gasteiger partial charge in [0, 0.05) is 27.2 Å². The van der Waals surface area contributed by atoms with Crippen LogP contribution in [0.15, 0.2) is 18.2 Å². The third-order valence-corrected chi connectivity index (χ3v) is 2.63. The molecule has 0 aliphatic heterocycles. The van der Waals surface area contributed by atoms with Crippen molar-refractivity contribution in [2.45, 2.75) is 33.2 Å². The number of carbonyl (C=O) groups is 4. The molecule has 124 valence electrons. The highest BCUT2D eigenvalue weighted by Gasteiger charge is 2.20. The minimum absolute atomic E-state index is 0.00263. The van der Waals surface area contributed by atoms with Crippen LogP contribution in [0.2, 0.25) is 0 Å². The lowest BCUT2D eigenvalue weighted by atomic mass is 10.1. The van der Waals surface area contributed by atoms with Crippen LogP contribution in [0.1, 0.15) is 26.3 Å². The Morgan fingerprint density at radius 1 is 1.04 bits per heavy atom. The van der Waals surface area contributed by atoms with Crippen LogP contribution in [0.5, 0.6) is 11.5 Å². The highest BCUT2D eigenvalue weighted by molar-refractivity contribution is 5.82. The first kappa shape index (κ1) is 18.1. The van der Waals surface area contributed by atoms with E-state index in [0.29, 0.717) is 5.56 Å². The molecule has 0 saturated heterocycles. The third kappa shape index (κ3) is 6.16. The van der Waals surface area contributed by atoms with E-state index >= 15 is 0 Å². The lowest BCUT2D eigenvalue weighted by molar-refractivity contribution is -0.141. The molecule has 0 radical (unpaired) electrons. The Morgan fingerprint density at radius 3 is 2.09 bits per heavy atom. The molecule has 0 aliphatic rings. The van der Waals surface area contributed by atoms with E-state index in [0.717, 1.165) is 0 Å². The van der Waals surface area contributed by atoms with Gasteiger partial charge in [0.2, 0.25) is 5.91 Å². The molecular weight excluding hydrogens is 306 g/mol. The Bertz CT molecular complexity index is 639. The van der Waals surface area contributed by atoms with Gasteiger partial charge in [0.25, 0.3) is 0 Å². The van der Waals surface area contributed by atoms with Crippen LogP contribution in [-0.4, -0.2) is 35.0 Å². The third-order valence-electron chi connectivity index (χ3n) is 2.63. The number of amides is 1. The van der Waals surface area contributed by atoms with Gasteiger partial charge in [-0.3, -0.25) is 14.4 Å². The fraction of sp³-hybridized carbons (Fsp3) is 0.333. The Morgan fingerprint density at radius 2 is 1.61 bits per heavy atom. The smallest absolute Gasteiger partial charge is 0.326 e. The number of carboxylic acid groups (broad SMARTS) is 1. The van der Waals surface area contributed by atoms with Gasteiger partial charge >= 0.3 is 17.9 Å². The molecule has 0 bridgehead atoms. The molecule has 0 unspecified atom stereocenters. The first-order valence-corrected chi connectivity index (χ1v) is 6.68. The van der Waals surface area contributed by atoms with E-state index in [1.807, 2.05) is 0 Å². The number of hydrogen-bond donors (Lipinski definition) is 2. The summed E-state index contributed by atoms with van der Waals surface area (Å²) in [6.07, 6.45) is -0.0243. The number of esters is 2. The molecule has 0 fully saturated rings. The van der Waals surface area contributed by atoms with E-state index in [1.54, 1.807) is 0 Å². The number of carbonyl (C=O) groups excluding carboxylic acids is 3. The van der Waals surface area contributed by atoms with E-state index < -0.39 is 29.9 Å². The SMILES string of the molecule is CC(=O)N[C@@H](Cc1ccc(OC(C)=O)c(OC(C)=O)c1)C(=O)O. The van der Waals surface area contributed by atoms with Crippen LogP contribution in [-0.2, 0) is 25.6 Å². The predicted octanol–water partition coefficient (Wildman–Crippen LogP) is 0.669. The summed E-state index contributed by atoms with van der Waals surface area (Å²) in [5, 5.41) is 11.4. The van der Waals surface area contributed by atoms with Gasteiger partial charge < -0.3 is 19.9 Å². The summed E-state index contributed by atoms with van der Waals surface area (Å²) in [5.41, 5.74) is 0.485. The highest BCUT2D eigenvalue weighted by Crippen LogP contribution is 2.29. The minimum Gasteiger partial charge on any atom is -0.480 e. The van der Waals surface area contributed by atoms with Crippen molar-refractivity contribution in [1.82, 2.24) is 5.32 Å². The van der Waals surface area contributed by atoms with Crippen molar-refractivity contribution >= 4 is 23.8 Å². The van der Waals surface area contributed by atoms with Crippen molar-refractivity contribution in [2.24, 2.45) is 0 Å². The standard InChI is InChI=1S/C15H17NO7/c1-8(17)16-12(15(20)21)6-11-4-5-13(22-9(2)18)14(7-11)23-10(3)19/h4-5,7,12H,6H2,1-3H3,(H,16,17)(H,20,21)/t12-/m0/s1. The number of hydrogen-bond acceptors (Lipinski definition) is 6. The van der Waals surface area contributed by atoms with Gasteiger partial charge in [-0.25, -0.2) is 4.79 Å². The molecule has 23 heavy (non-hydrogen) atoms. The topological polar surface area (TPSA) is 119 Å². The normalized spacial score (nSPS) is 11.3. The van der Waals surface area contributed by atoms with Crippen LogP contribution < -0.4 is 14.8 Å². The molecule has 0 aliphatic carbocycles. The maximum Gasteiger partial charge on any atom is 0.326 e. The van der Waals surface area contributed by atoms with Crippen molar-refractivity contribution in [3.05, 3.63) is 23.8 Å². The van der Waals surface area contributed by atoms with Gasteiger partial charge in [0.05, 0.1) is 0 Å². The number of aliphatic carboxylic acids is 1. The monoisotopic (exact) mass is 323 g/mol. The lowest BCUT2D eigenvalue weighted by Crippen LogP contribution is -2.41. The predicted molar refractivity (Wildman–Crippen MR) is 78.0 cm³/mol. The second-order valence-electron chi connectivity index (χ2n) is 4.76. The van der Waals surface area contributed by atoms with Crippen LogP contribution in [0.3, 0.4) is 0 Å². The zero-order valence-corrected chi connectivity index (χ0v) is 12.9. The van der Waals surface area contributed by atoms with Gasteiger partial charge in [-0.1, -0.05) is 6.07 Å². The van der Waals surface area contributed by atoms with Crippen molar-refractivity contribution < 1.29 is 33.8 Å². The average molecular weight is 323 g/mol. The van der Waals surface area contributed by atoms with Crippen molar-refractivity contribution in [3.63, 3.8) is 0 Å². The number of nitrogens with one attached hydrogen (secondary N) is 1. The maximum atomic E-state index is 11.1. The Hall–Kier alpha value is -2.90. The van der Waals surface area contributed by atoms with E-state index in [2.05, 4.69) is 5.32 Å². The summed E-state index contributed by atoms with van der Waals surface area (Å²) in [7, 11) is 0. The van der Waals surface area contributed by atoms with Gasteiger partial charge in [0.15, 0.2) is 11.5 Å². The number of ether oxygens (including phenoxy) is 2. The van der Waals surface area contributed by atoms with Crippen LogP contribution in [0, 0.1) is 0 Å². The van der Waals surface area contributed by atoms with Crippen LogP contribution in [0.4, 0.5) is 0 Å². The zero-order chi connectivity index (χ0) is 17.6. The fourth-order valence-corrected chi connectivity index (χ4v) is 1.83. The molecule has 0 saturated carbocycles. The largest absolute Gasteiger partial charge is 0.480 e. The highest BCUT2D eigenvalue weighted by atomic mass is 16.6. The second-order valence-corrected chi connectivity index (χ2v) is 4.76. The lowest BCUT2D eigenvalue weighted by Gasteiger charge is -2.15. The van der Waals surface area contributed by atoms with E-state index in [4.69, 9.17) is 14.6 Å². The first-order valence-electron chi connectivity index (χ1n) is 6.68.